The summed E-state index contributed by atoms with van der Waals surface area (Å²) < 4.78 is 66.1. The van der Waals surface area contributed by atoms with Crippen LogP contribution < -0.4 is 0 Å². The van der Waals surface area contributed by atoms with E-state index in [0.717, 1.165) is 6.07 Å². The molecule has 0 atom stereocenters. The molecule has 0 saturated heterocycles. The number of fused-ring (bicyclic) bond motifs is 1. The van der Waals surface area contributed by atoms with Gasteiger partial charge in [-0.25, -0.2) is 8.78 Å². The Bertz CT molecular complexity index is 751. The van der Waals surface area contributed by atoms with Crippen LogP contribution in [0.5, 0.6) is 0 Å². The average molecular weight is 327 g/mol. The lowest BCUT2D eigenvalue weighted by atomic mass is 10.0. The summed E-state index contributed by atoms with van der Waals surface area (Å²) in [5, 5.41) is 0. The Morgan fingerprint density at radius 3 is 2.43 bits per heavy atom. The molecule has 1 aliphatic heterocycles. The summed E-state index contributed by atoms with van der Waals surface area (Å²) in [6, 6.07) is 6.43. The van der Waals surface area contributed by atoms with Crippen LogP contribution in [0.15, 0.2) is 30.3 Å². The molecule has 6 heteroatoms. The number of hydrogen-bond donors (Lipinski definition) is 0. The molecule has 3 rings (SSSR count). The van der Waals surface area contributed by atoms with Gasteiger partial charge in [0.25, 0.3) is 0 Å². The highest BCUT2D eigenvalue weighted by molar-refractivity contribution is 5.40. The molecule has 0 aliphatic carbocycles. The van der Waals surface area contributed by atoms with Crippen LogP contribution in [-0.4, -0.2) is 4.90 Å². The lowest BCUT2D eigenvalue weighted by molar-refractivity contribution is -0.138. The molecule has 0 fully saturated rings. The van der Waals surface area contributed by atoms with E-state index in [1.807, 2.05) is 0 Å². The van der Waals surface area contributed by atoms with Gasteiger partial charge in [-0.05, 0) is 47.4 Å². The zero-order valence-corrected chi connectivity index (χ0v) is 12.3. The van der Waals surface area contributed by atoms with E-state index in [1.54, 1.807) is 24.0 Å². The molecule has 0 amide bonds. The van der Waals surface area contributed by atoms with E-state index in [4.69, 9.17) is 0 Å². The highest BCUT2D eigenvalue weighted by Crippen LogP contribution is 2.38. The maximum atomic E-state index is 13.6. The first-order chi connectivity index (χ1) is 10.7. The summed E-state index contributed by atoms with van der Waals surface area (Å²) in [6.45, 7) is 2.24. The van der Waals surface area contributed by atoms with Crippen molar-refractivity contribution in [3.63, 3.8) is 0 Å². The van der Waals surface area contributed by atoms with E-state index in [2.05, 4.69) is 0 Å². The minimum Gasteiger partial charge on any atom is -0.291 e. The molecule has 0 saturated carbocycles. The molecule has 0 aromatic heterocycles. The van der Waals surface area contributed by atoms with E-state index >= 15 is 0 Å². The van der Waals surface area contributed by atoms with Crippen LogP contribution in [0.25, 0.3) is 0 Å². The largest absolute Gasteiger partial charge is 0.416 e. The highest BCUT2D eigenvalue weighted by atomic mass is 19.4. The first-order valence-electron chi connectivity index (χ1n) is 7.10. The normalized spacial score (nSPS) is 15.0. The quantitative estimate of drug-likeness (QED) is 0.716. The molecular weight excluding hydrogens is 313 g/mol. The van der Waals surface area contributed by atoms with Crippen molar-refractivity contribution in [3.8, 4) is 0 Å². The number of nitrogens with zero attached hydrogens (tertiary/aromatic N) is 1. The zero-order valence-electron chi connectivity index (χ0n) is 12.3. The molecule has 0 N–H and O–H groups in total. The smallest absolute Gasteiger partial charge is 0.291 e. The van der Waals surface area contributed by atoms with Crippen LogP contribution in [-0.2, 0) is 25.8 Å². The minimum absolute atomic E-state index is 0.0694. The van der Waals surface area contributed by atoms with Crippen molar-refractivity contribution in [2.45, 2.75) is 32.7 Å². The Morgan fingerprint density at radius 1 is 1.04 bits per heavy atom. The topological polar surface area (TPSA) is 3.24 Å². The molecule has 1 aliphatic rings. The lowest BCUT2D eigenvalue weighted by Gasteiger charge is -2.16. The Balaban J connectivity index is 1.85. The van der Waals surface area contributed by atoms with Crippen LogP contribution in [0.4, 0.5) is 22.0 Å². The van der Waals surface area contributed by atoms with Gasteiger partial charge < -0.3 is 0 Å². The van der Waals surface area contributed by atoms with Gasteiger partial charge in [0.2, 0.25) is 0 Å². The fourth-order valence-electron chi connectivity index (χ4n) is 2.90. The maximum Gasteiger partial charge on any atom is 0.416 e. The first kappa shape index (κ1) is 15.9. The van der Waals surface area contributed by atoms with Gasteiger partial charge in [-0.3, -0.25) is 4.90 Å². The van der Waals surface area contributed by atoms with Gasteiger partial charge >= 0.3 is 6.18 Å². The van der Waals surface area contributed by atoms with Crippen molar-refractivity contribution in [3.05, 3.63) is 69.8 Å². The summed E-state index contributed by atoms with van der Waals surface area (Å²) in [4.78, 5) is 1.74. The summed E-state index contributed by atoms with van der Waals surface area (Å²) in [6.07, 6.45) is -4.59. The molecule has 2 aromatic rings. The molecule has 1 nitrogen and oxygen atoms in total. The molecule has 1 heterocycles. The maximum absolute atomic E-state index is 13.6. The third-order valence-electron chi connectivity index (χ3n) is 4.03. The molecule has 0 bridgehead atoms. The number of benzene rings is 2. The van der Waals surface area contributed by atoms with Crippen LogP contribution in [0.2, 0.25) is 0 Å². The van der Waals surface area contributed by atoms with Crippen LogP contribution in [0.1, 0.15) is 27.8 Å². The fraction of sp³-hybridized carbons (Fsp3) is 0.294. The third-order valence-corrected chi connectivity index (χ3v) is 4.03. The predicted molar refractivity (Wildman–Crippen MR) is 75.5 cm³/mol. The second-order valence-corrected chi connectivity index (χ2v) is 5.82. The SMILES string of the molecule is Cc1ccc(CN2Cc3cc(F)cc(C(F)(F)F)c3C2)cc1F. The summed E-state index contributed by atoms with van der Waals surface area (Å²) in [5.41, 5.74) is 0.705. The molecule has 122 valence electrons. The van der Waals surface area contributed by atoms with E-state index in [9.17, 15) is 22.0 Å². The third kappa shape index (κ3) is 3.22. The summed E-state index contributed by atoms with van der Waals surface area (Å²) in [5.74, 6) is -1.24. The van der Waals surface area contributed by atoms with E-state index in [0.29, 0.717) is 29.3 Å². The molecule has 0 unspecified atom stereocenters. The second-order valence-electron chi connectivity index (χ2n) is 5.82. The van der Waals surface area contributed by atoms with Gasteiger partial charge in [0.1, 0.15) is 11.6 Å². The molecule has 0 spiro atoms. The molecule has 0 radical (unpaired) electrons. The summed E-state index contributed by atoms with van der Waals surface area (Å²) in [7, 11) is 0. The van der Waals surface area contributed by atoms with Crippen molar-refractivity contribution in [1.82, 2.24) is 4.90 Å². The van der Waals surface area contributed by atoms with E-state index in [-0.39, 0.29) is 24.5 Å². The van der Waals surface area contributed by atoms with Crippen molar-refractivity contribution >= 4 is 0 Å². The average Bonchev–Trinajstić information content (AvgIpc) is 2.82. The Labute approximate surface area is 130 Å². The first-order valence-corrected chi connectivity index (χ1v) is 7.10. The number of rotatable bonds is 2. The standard InChI is InChI=1S/C17H14F5N/c1-10-2-3-11(4-16(10)19)7-23-8-12-5-13(18)6-15(14(12)9-23)17(20,21)22/h2-6H,7-9H2,1H3. The van der Waals surface area contributed by atoms with Gasteiger partial charge in [0.15, 0.2) is 0 Å². The van der Waals surface area contributed by atoms with Gasteiger partial charge in [-0.2, -0.15) is 13.2 Å². The Kier molecular flexibility index (Phi) is 3.88. The Hall–Kier alpha value is -1.95. The molecule has 23 heavy (non-hydrogen) atoms. The minimum atomic E-state index is -4.59. The van der Waals surface area contributed by atoms with Gasteiger partial charge in [0.05, 0.1) is 5.56 Å². The van der Waals surface area contributed by atoms with Crippen molar-refractivity contribution in [2.75, 3.05) is 0 Å². The van der Waals surface area contributed by atoms with Gasteiger partial charge in [-0.15, -0.1) is 0 Å². The van der Waals surface area contributed by atoms with Gasteiger partial charge in [0, 0.05) is 19.6 Å². The van der Waals surface area contributed by atoms with Crippen molar-refractivity contribution in [2.24, 2.45) is 0 Å². The monoisotopic (exact) mass is 327 g/mol. The van der Waals surface area contributed by atoms with Crippen LogP contribution >= 0.6 is 0 Å². The predicted octanol–water partition coefficient (Wildman–Crippen LogP) is 4.81. The van der Waals surface area contributed by atoms with E-state index in [1.165, 1.54) is 6.07 Å². The van der Waals surface area contributed by atoms with Crippen LogP contribution in [0.3, 0.4) is 0 Å². The number of aryl methyl sites for hydroxylation is 1. The lowest BCUT2D eigenvalue weighted by Crippen LogP contribution is -2.16. The number of alkyl halides is 3. The van der Waals surface area contributed by atoms with Crippen molar-refractivity contribution in [1.29, 1.82) is 0 Å². The number of hydrogen-bond acceptors (Lipinski definition) is 1. The van der Waals surface area contributed by atoms with Crippen LogP contribution in [0, 0.1) is 18.6 Å². The Morgan fingerprint density at radius 2 is 1.78 bits per heavy atom. The number of halogens is 5. The molecular formula is C17H14F5N. The highest BCUT2D eigenvalue weighted by Gasteiger charge is 2.37. The van der Waals surface area contributed by atoms with Crippen molar-refractivity contribution < 1.29 is 22.0 Å². The fourth-order valence-corrected chi connectivity index (χ4v) is 2.90. The van der Waals surface area contributed by atoms with E-state index < -0.39 is 17.6 Å². The van der Waals surface area contributed by atoms with Gasteiger partial charge in [-0.1, -0.05) is 12.1 Å². The zero-order chi connectivity index (χ0) is 16.8. The summed E-state index contributed by atoms with van der Waals surface area (Å²) >= 11 is 0. The molecule has 2 aromatic carbocycles. The second kappa shape index (κ2) is 5.60.